The molecule has 2 rings (SSSR count). The second-order valence-electron chi connectivity index (χ2n) is 6.47. The third-order valence-electron chi connectivity index (χ3n) is 3.31. The Morgan fingerprint density at radius 1 is 1.24 bits per heavy atom. The van der Waals surface area contributed by atoms with Gasteiger partial charge in [0.2, 0.25) is 0 Å². The summed E-state index contributed by atoms with van der Waals surface area (Å²) in [5.41, 5.74) is 2.61. The van der Waals surface area contributed by atoms with Crippen LogP contribution >= 0.6 is 27.3 Å². The quantitative estimate of drug-likeness (QED) is 0.811. The molecule has 0 amide bonds. The van der Waals surface area contributed by atoms with Crippen molar-refractivity contribution < 1.29 is 0 Å². The predicted octanol–water partition coefficient (Wildman–Crippen LogP) is 4.93. The van der Waals surface area contributed by atoms with E-state index in [4.69, 9.17) is 0 Å². The molecule has 0 aliphatic carbocycles. The number of rotatable bonds is 5. The van der Waals surface area contributed by atoms with Crippen molar-refractivity contribution in [1.82, 2.24) is 10.3 Å². The molecule has 1 aromatic heterocycles. The Hall–Kier alpha value is -0.710. The van der Waals surface area contributed by atoms with E-state index in [0.29, 0.717) is 5.92 Å². The second-order valence-corrected chi connectivity index (χ2v) is 8.32. The summed E-state index contributed by atoms with van der Waals surface area (Å²) in [4.78, 5) is 4.62. The van der Waals surface area contributed by atoms with Crippen LogP contribution in [0.15, 0.2) is 34.1 Å². The van der Waals surface area contributed by atoms with Gasteiger partial charge in [-0.3, -0.25) is 0 Å². The molecule has 2 nitrogen and oxygen atoms in total. The first-order chi connectivity index (χ1) is 9.83. The van der Waals surface area contributed by atoms with Gasteiger partial charge in [-0.15, -0.1) is 11.3 Å². The van der Waals surface area contributed by atoms with Gasteiger partial charge in [0, 0.05) is 40.0 Å². The molecule has 0 saturated heterocycles. The van der Waals surface area contributed by atoms with Gasteiger partial charge in [0.1, 0.15) is 0 Å². The van der Waals surface area contributed by atoms with Crippen LogP contribution in [0.4, 0.5) is 0 Å². The van der Waals surface area contributed by atoms with Crippen molar-refractivity contribution in [3.63, 3.8) is 0 Å². The summed E-state index contributed by atoms with van der Waals surface area (Å²) in [6.45, 7) is 9.64. The fourth-order valence-electron chi connectivity index (χ4n) is 2.18. The van der Waals surface area contributed by atoms with Crippen LogP contribution in [0.1, 0.15) is 43.0 Å². The molecule has 1 heterocycles. The molecule has 0 aliphatic heterocycles. The van der Waals surface area contributed by atoms with Crippen molar-refractivity contribution in [3.05, 3.63) is 50.4 Å². The van der Waals surface area contributed by atoms with E-state index in [1.165, 1.54) is 10.6 Å². The van der Waals surface area contributed by atoms with E-state index < -0.39 is 0 Å². The molecule has 0 fully saturated rings. The van der Waals surface area contributed by atoms with Gasteiger partial charge < -0.3 is 5.32 Å². The fraction of sp³-hybridized carbons (Fsp3) is 0.471. The molecule has 4 heteroatoms. The molecule has 0 aliphatic rings. The molecule has 2 aromatic rings. The Bertz CT molecular complexity index is 569. The van der Waals surface area contributed by atoms with Crippen LogP contribution in [0.3, 0.4) is 0 Å². The zero-order valence-corrected chi connectivity index (χ0v) is 15.5. The average molecular weight is 367 g/mol. The predicted molar refractivity (Wildman–Crippen MR) is 95.2 cm³/mol. The lowest BCUT2D eigenvalue weighted by molar-refractivity contribution is 0.405. The van der Waals surface area contributed by atoms with Crippen molar-refractivity contribution in [1.29, 1.82) is 0 Å². The maximum atomic E-state index is 4.62. The Kier molecular flexibility index (Phi) is 5.58. The third kappa shape index (κ3) is 5.53. The summed E-state index contributed by atoms with van der Waals surface area (Å²) in [6.07, 6.45) is 0.989. The molecular formula is C17H23BrN2S. The highest BCUT2D eigenvalue weighted by Gasteiger charge is 2.18. The van der Waals surface area contributed by atoms with E-state index in [1.807, 2.05) is 0 Å². The highest BCUT2D eigenvalue weighted by Crippen LogP contribution is 2.24. The Morgan fingerprint density at radius 3 is 2.43 bits per heavy atom. The van der Waals surface area contributed by atoms with Crippen LogP contribution in [0.25, 0.3) is 0 Å². The lowest BCUT2D eigenvalue weighted by Crippen LogP contribution is -2.39. The fourth-order valence-corrected chi connectivity index (χ4v) is 3.30. The number of benzene rings is 1. The highest BCUT2D eigenvalue weighted by molar-refractivity contribution is 9.10. The lowest BCUT2D eigenvalue weighted by atomic mass is 9.94. The number of aromatic nitrogens is 1. The maximum absolute atomic E-state index is 4.62. The van der Waals surface area contributed by atoms with E-state index in [-0.39, 0.29) is 5.54 Å². The Balaban J connectivity index is 2.15. The molecule has 114 valence electrons. The van der Waals surface area contributed by atoms with Gasteiger partial charge in [-0.1, -0.05) is 28.1 Å². The minimum Gasteiger partial charge on any atom is -0.311 e. The van der Waals surface area contributed by atoms with Crippen LogP contribution in [0, 0.1) is 6.92 Å². The molecule has 0 radical (unpaired) electrons. The summed E-state index contributed by atoms with van der Waals surface area (Å²) >= 11 is 5.27. The lowest BCUT2D eigenvalue weighted by Gasteiger charge is -2.25. The monoisotopic (exact) mass is 366 g/mol. The number of thiazole rings is 1. The SMILES string of the molecule is Cc1csc(CC(CNC(C)(C)C)c2ccc(Br)cc2)n1. The van der Waals surface area contributed by atoms with E-state index in [2.05, 4.69) is 83.6 Å². The first-order valence-corrected chi connectivity index (χ1v) is 8.92. The van der Waals surface area contributed by atoms with Crippen LogP contribution < -0.4 is 5.32 Å². The number of nitrogens with one attached hydrogen (secondary N) is 1. The van der Waals surface area contributed by atoms with Gasteiger partial charge in [-0.05, 0) is 45.4 Å². The highest BCUT2D eigenvalue weighted by atomic mass is 79.9. The molecule has 1 N–H and O–H groups in total. The molecule has 0 bridgehead atoms. The van der Waals surface area contributed by atoms with Gasteiger partial charge in [-0.25, -0.2) is 4.98 Å². The minimum absolute atomic E-state index is 0.131. The van der Waals surface area contributed by atoms with Crippen LogP contribution in [-0.2, 0) is 6.42 Å². The smallest absolute Gasteiger partial charge is 0.0934 e. The summed E-state index contributed by atoms with van der Waals surface area (Å²) in [5, 5.41) is 6.98. The van der Waals surface area contributed by atoms with Gasteiger partial charge >= 0.3 is 0 Å². The van der Waals surface area contributed by atoms with Gasteiger partial charge in [0.05, 0.1) is 5.01 Å². The van der Waals surface area contributed by atoms with Crippen LogP contribution in [-0.4, -0.2) is 17.1 Å². The molecule has 0 saturated carbocycles. The molecular weight excluding hydrogens is 344 g/mol. The van der Waals surface area contributed by atoms with Crippen LogP contribution in [0.5, 0.6) is 0 Å². The topological polar surface area (TPSA) is 24.9 Å². The Morgan fingerprint density at radius 2 is 1.90 bits per heavy atom. The first kappa shape index (κ1) is 16.7. The molecule has 21 heavy (non-hydrogen) atoms. The Labute approximate surface area is 140 Å². The van der Waals surface area contributed by atoms with Crippen molar-refractivity contribution >= 4 is 27.3 Å². The number of aryl methyl sites for hydroxylation is 1. The van der Waals surface area contributed by atoms with Gasteiger partial charge in [0.15, 0.2) is 0 Å². The zero-order chi connectivity index (χ0) is 15.5. The summed E-state index contributed by atoms with van der Waals surface area (Å²) < 4.78 is 1.12. The molecule has 1 atom stereocenters. The normalized spacial score (nSPS) is 13.4. The standard InChI is InChI=1S/C17H23BrN2S/c1-12-11-21-16(20-12)9-14(10-19-17(2,3)4)13-5-7-15(18)8-6-13/h5-8,11,14,19H,9-10H2,1-4H3. The number of hydrogen-bond donors (Lipinski definition) is 1. The number of halogens is 1. The largest absolute Gasteiger partial charge is 0.311 e. The average Bonchev–Trinajstić information content (AvgIpc) is 2.80. The first-order valence-electron chi connectivity index (χ1n) is 7.25. The van der Waals surface area contributed by atoms with Crippen molar-refractivity contribution in [2.75, 3.05) is 6.54 Å². The zero-order valence-electron chi connectivity index (χ0n) is 13.1. The van der Waals surface area contributed by atoms with Crippen molar-refractivity contribution in [2.24, 2.45) is 0 Å². The minimum atomic E-state index is 0.131. The summed E-state index contributed by atoms with van der Waals surface area (Å²) in [5.74, 6) is 0.447. The van der Waals surface area contributed by atoms with E-state index in [1.54, 1.807) is 11.3 Å². The number of nitrogens with zero attached hydrogens (tertiary/aromatic N) is 1. The van der Waals surface area contributed by atoms with Gasteiger partial charge in [0.25, 0.3) is 0 Å². The molecule has 1 aromatic carbocycles. The van der Waals surface area contributed by atoms with Gasteiger partial charge in [-0.2, -0.15) is 0 Å². The summed E-state index contributed by atoms with van der Waals surface area (Å²) in [6, 6.07) is 8.65. The van der Waals surface area contributed by atoms with E-state index >= 15 is 0 Å². The van der Waals surface area contributed by atoms with E-state index in [0.717, 1.165) is 23.1 Å². The summed E-state index contributed by atoms with van der Waals surface area (Å²) in [7, 11) is 0. The molecule has 1 unspecified atom stereocenters. The number of hydrogen-bond acceptors (Lipinski definition) is 3. The van der Waals surface area contributed by atoms with Crippen molar-refractivity contribution in [3.8, 4) is 0 Å². The second kappa shape index (κ2) is 7.03. The van der Waals surface area contributed by atoms with Crippen molar-refractivity contribution in [2.45, 2.75) is 45.6 Å². The third-order valence-corrected chi connectivity index (χ3v) is 4.83. The maximum Gasteiger partial charge on any atom is 0.0934 e. The van der Waals surface area contributed by atoms with E-state index in [9.17, 15) is 0 Å². The molecule has 0 spiro atoms. The van der Waals surface area contributed by atoms with Crippen LogP contribution in [0.2, 0.25) is 0 Å².